The molecule has 0 aromatic rings. The van der Waals surface area contributed by atoms with E-state index in [2.05, 4.69) is 6.92 Å². The lowest BCUT2D eigenvalue weighted by Gasteiger charge is -2.65. The van der Waals surface area contributed by atoms with Crippen LogP contribution < -0.4 is 0 Å². The predicted molar refractivity (Wildman–Crippen MR) is 102 cm³/mol. The van der Waals surface area contributed by atoms with Crippen molar-refractivity contribution < 1.29 is 34.4 Å². The molecule has 3 N–H and O–H groups in total. The summed E-state index contributed by atoms with van der Waals surface area (Å²) in [7, 11) is 0. The van der Waals surface area contributed by atoms with Gasteiger partial charge in [-0.15, -0.1) is 0 Å². The number of esters is 2. The molecule has 0 spiro atoms. The molecule has 0 aromatic carbocycles. The number of hydrogen-bond acceptors (Lipinski definition) is 7. The highest BCUT2D eigenvalue weighted by Gasteiger charge is 2.68. The van der Waals surface area contributed by atoms with Gasteiger partial charge in [0.15, 0.2) is 0 Å². The van der Waals surface area contributed by atoms with Gasteiger partial charge in [0.25, 0.3) is 0 Å². The SMILES string of the molecule is CC(=O)O[C@@H]1[C@H](O)[C@H]2[C@H](C)C3=CC(=O)O[C@]3(O)C[C@H]2[C@]2(C)CCC[C@@](C)(CO)[C@H]12. The van der Waals surface area contributed by atoms with E-state index in [9.17, 15) is 24.9 Å². The second-order valence-corrected chi connectivity index (χ2v) is 10.2. The standard InChI is InChI=1S/C22H32O7/c1-11-13-8-15(25)29-22(13,27)9-14-16(11)17(26)18(28-12(2)24)19-20(3,10-23)6-5-7-21(14,19)4/h8,11,14,16-19,23,26-27H,5-7,9-10H2,1-4H3/t11-,14-,16+,17-,18-,19+,20+,21+,22-/m1/s1. The van der Waals surface area contributed by atoms with Crippen molar-refractivity contribution in [3.05, 3.63) is 11.6 Å². The van der Waals surface area contributed by atoms with Crippen LogP contribution in [-0.2, 0) is 19.1 Å². The number of hydrogen-bond donors (Lipinski definition) is 3. The van der Waals surface area contributed by atoms with E-state index in [-0.39, 0.29) is 36.7 Å². The molecule has 3 aliphatic carbocycles. The van der Waals surface area contributed by atoms with Crippen molar-refractivity contribution in [3.8, 4) is 0 Å². The summed E-state index contributed by atoms with van der Waals surface area (Å²) in [6.45, 7) is 7.26. The van der Waals surface area contributed by atoms with Gasteiger partial charge in [0, 0.05) is 37.5 Å². The minimum absolute atomic E-state index is 0.0743. The van der Waals surface area contributed by atoms with Crippen LogP contribution in [0.15, 0.2) is 11.6 Å². The molecule has 9 atom stereocenters. The van der Waals surface area contributed by atoms with Crippen LogP contribution in [0.1, 0.15) is 53.4 Å². The first-order valence-electron chi connectivity index (χ1n) is 10.6. The van der Waals surface area contributed by atoms with Gasteiger partial charge in [-0.3, -0.25) is 4.79 Å². The second kappa shape index (κ2) is 6.53. The molecule has 0 amide bonds. The quantitative estimate of drug-likeness (QED) is 0.594. The van der Waals surface area contributed by atoms with Gasteiger partial charge in [0.1, 0.15) is 6.10 Å². The number of aliphatic hydroxyl groups excluding tert-OH is 2. The summed E-state index contributed by atoms with van der Waals surface area (Å²) in [4.78, 5) is 23.9. The fraction of sp³-hybridized carbons (Fsp3) is 0.818. The normalized spacial score (nSPS) is 51.3. The molecule has 29 heavy (non-hydrogen) atoms. The summed E-state index contributed by atoms with van der Waals surface area (Å²) in [5, 5.41) is 32.9. The molecule has 1 aliphatic heterocycles. The zero-order valence-corrected chi connectivity index (χ0v) is 17.6. The molecule has 0 bridgehead atoms. The number of carbonyl (C=O) groups is 2. The zero-order valence-electron chi connectivity index (χ0n) is 17.6. The molecule has 0 unspecified atom stereocenters. The van der Waals surface area contributed by atoms with Crippen LogP contribution in [0.4, 0.5) is 0 Å². The number of aliphatic hydroxyl groups is 3. The first-order valence-corrected chi connectivity index (χ1v) is 10.6. The molecule has 7 heteroatoms. The summed E-state index contributed by atoms with van der Waals surface area (Å²) in [6, 6.07) is 0. The number of ether oxygens (including phenoxy) is 2. The summed E-state index contributed by atoms with van der Waals surface area (Å²) >= 11 is 0. The van der Waals surface area contributed by atoms with E-state index in [0.29, 0.717) is 5.57 Å². The van der Waals surface area contributed by atoms with Crippen molar-refractivity contribution in [2.45, 2.75) is 71.4 Å². The smallest absolute Gasteiger partial charge is 0.333 e. The average Bonchev–Trinajstić information content (AvgIpc) is 2.93. The maximum atomic E-state index is 11.9. The Bertz CT molecular complexity index is 762. The van der Waals surface area contributed by atoms with Crippen molar-refractivity contribution >= 4 is 11.9 Å². The zero-order chi connectivity index (χ0) is 21.4. The van der Waals surface area contributed by atoms with Crippen molar-refractivity contribution in [1.29, 1.82) is 0 Å². The minimum atomic E-state index is -1.65. The van der Waals surface area contributed by atoms with Crippen LogP contribution >= 0.6 is 0 Å². The lowest BCUT2D eigenvalue weighted by molar-refractivity contribution is -0.269. The molecular formula is C22H32O7. The summed E-state index contributed by atoms with van der Waals surface area (Å²) in [6.07, 6.45) is 2.33. The van der Waals surface area contributed by atoms with E-state index in [1.807, 2.05) is 13.8 Å². The van der Waals surface area contributed by atoms with E-state index in [0.717, 1.165) is 19.3 Å². The molecular weight excluding hydrogens is 376 g/mol. The van der Waals surface area contributed by atoms with E-state index in [1.165, 1.54) is 13.0 Å². The van der Waals surface area contributed by atoms with Crippen LogP contribution in [0.2, 0.25) is 0 Å². The number of fused-ring (bicyclic) bond motifs is 4. The Morgan fingerprint density at radius 1 is 1.34 bits per heavy atom. The van der Waals surface area contributed by atoms with Gasteiger partial charge in [0.2, 0.25) is 5.79 Å². The first-order chi connectivity index (χ1) is 13.5. The lowest BCUT2D eigenvalue weighted by Crippen LogP contribution is -2.68. The van der Waals surface area contributed by atoms with Crippen LogP contribution in [0, 0.1) is 34.5 Å². The van der Waals surface area contributed by atoms with Gasteiger partial charge >= 0.3 is 11.9 Å². The van der Waals surface area contributed by atoms with Gasteiger partial charge in [-0.25, -0.2) is 4.79 Å². The molecule has 1 heterocycles. The number of carbonyl (C=O) groups excluding carboxylic acids is 2. The Labute approximate surface area is 171 Å². The fourth-order valence-corrected chi connectivity index (χ4v) is 7.43. The third kappa shape index (κ3) is 2.81. The van der Waals surface area contributed by atoms with Crippen LogP contribution in [0.5, 0.6) is 0 Å². The lowest BCUT2D eigenvalue weighted by atomic mass is 9.41. The molecule has 4 rings (SSSR count). The van der Waals surface area contributed by atoms with Gasteiger partial charge in [0.05, 0.1) is 6.10 Å². The maximum absolute atomic E-state index is 11.9. The molecule has 162 valence electrons. The monoisotopic (exact) mass is 408 g/mol. The van der Waals surface area contributed by atoms with Crippen LogP contribution in [0.25, 0.3) is 0 Å². The minimum Gasteiger partial charge on any atom is -0.459 e. The van der Waals surface area contributed by atoms with Crippen molar-refractivity contribution in [2.24, 2.45) is 34.5 Å². The van der Waals surface area contributed by atoms with Gasteiger partial charge in [-0.05, 0) is 41.4 Å². The topological polar surface area (TPSA) is 113 Å². The van der Waals surface area contributed by atoms with Crippen LogP contribution in [-0.4, -0.2) is 51.9 Å². The highest BCUT2D eigenvalue weighted by atomic mass is 16.7. The number of rotatable bonds is 2. The molecule has 0 radical (unpaired) electrons. The molecule has 4 aliphatic rings. The van der Waals surface area contributed by atoms with Gasteiger partial charge in [-0.2, -0.15) is 0 Å². The Morgan fingerprint density at radius 3 is 2.66 bits per heavy atom. The van der Waals surface area contributed by atoms with E-state index in [4.69, 9.17) is 9.47 Å². The predicted octanol–water partition coefficient (Wildman–Crippen LogP) is 1.54. The molecule has 7 nitrogen and oxygen atoms in total. The second-order valence-electron chi connectivity index (χ2n) is 10.2. The summed E-state index contributed by atoms with van der Waals surface area (Å²) in [5.41, 5.74) is -0.426. The van der Waals surface area contributed by atoms with Gasteiger partial charge in [-0.1, -0.05) is 27.2 Å². The fourth-order valence-electron chi connectivity index (χ4n) is 7.43. The molecule has 3 saturated carbocycles. The third-order valence-corrected chi connectivity index (χ3v) is 8.52. The Morgan fingerprint density at radius 2 is 2.03 bits per heavy atom. The van der Waals surface area contributed by atoms with Crippen molar-refractivity contribution in [3.63, 3.8) is 0 Å². The molecule has 0 aromatic heterocycles. The van der Waals surface area contributed by atoms with Crippen molar-refractivity contribution in [2.75, 3.05) is 6.61 Å². The van der Waals surface area contributed by atoms with Gasteiger partial charge < -0.3 is 24.8 Å². The molecule has 0 saturated heterocycles. The summed E-state index contributed by atoms with van der Waals surface area (Å²) in [5.74, 6) is -3.69. The van der Waals surface area contributed by atoms with E-state index >= 15 is 0 Å². The summed E-state index contributed by atoms with van der Waals surface area (Å²) < 4.78 is 11.0. The third-order valence-electron chi connectivity index (χ3n) is 8.52. The van der Waals surface area contributed by atoms with Crippen LogP contribution in [0.3, 0.4) is 0 Å². The first kappa shape index (κ1) is 20.8. The Balaban J connectivity index is 1.85. The Hall–Kier alpha value is -1.44. The highest BCUT2D eigenvalue weighted by Crippen LogP contribution is 2.67. The molecule has 3 fully saturated rings. The largest absolute Gasteiger partial charge is 0.459 e. The average molecular weight is 408 g/mol. The van der Waals surface area contributed by atoms with E-state index < -0.39 is 40.8 Å². The Kier molecular flexibility index (Phi) is 4.69. The van der Waals surface area contributed by atoms with E-state index in [1.54, 1.807) is 0 Å². The van der Waals surface area contributed by atoms with Crippen molar-refractivity contribution in [1.82, 2.24) is 0 Å². The highest BCUT2D eigenvalue weighted by molar-refractivity contribution is 5.86. The maximum Gasteiger partial charge on any atom is 0.333 e.